The van der Waals surface area contributed by atoms with Gasteiger partial charge in [-0.05, 0) is 29.0 Å². The van der Waals surface area contributed by atoms with E-state index in [4.69, 9.17) is 9.47 Å². The van der Waals surface area contributed by atoms with Gasteiger partial charge in [-0.2, -0.15) is 13.8 Å². The molecule has 2 heterocycles. The Morgan fingerprint density at radius 3 is 1.73 bits per heavy atom. The van der Waals surface area contributed by atoms with Crippen LogP contribution in [0.3, 0.4) is 0 Å². The summed E-state index contributed by atoms with van der Waals surface area (Å²) in [4.78, 5) is 7.77. The van der Waals surface area contributed by atoms with Gasteiger partial charge >= 0.3 is 6.61 Å². The number of halogens is 2. The molecule has 0 radical (unpaired) electrons. The Bertz CT molecular complexity index is 657. The lowest BCUT2D eigenvalue weighted by atomic mass is 10.1. The van der Waals surface area contributed by atoms with Gasteiger partial charge in [-0.1, -0.05) is 27.7 Å². The van der Waals surface area contributed by atoms with Crippen molar-refractivity contribution in [2.75, 3.05) is 14.2 Å². The van der Waals surface area contributed by atoms with E-state index in [0.29, 0.717) is 17.7 Å². The predicted octanol–water partition coefficient (Wildman–Crippen LogP) is 5.03. The van der Waals surface area contributed by atoms with Crippen molar-refractivity contribution < 1.29 is 23.0 Å². The maximum atomic E-state index is 11.8. The van der Waals surface area contributed by atoms with Gasteiger partial charge in [0.1, 0.15) is 0 Å². The molecule has 0 N–H and O–H groups in total. The number of hydrogen-bond acceptors (Lipinski definition) is 5. The summed E-state index contributed by atoms with van der Waals surface area (Å²) >= 11 is 0. The first-order valence-corrected chi connectivity index (χ1v) is 8.27. The fourth-order valence-electron chi connectivity index (χ4n) is 1.98. The van der Waals surface area contributed by atoms with Gasteiger partial charge in [-0.25, -0.2) is 4.98 Å². The lowest BCUT2D eigenvalue weighted by Crippen LogP contribution is -2.04. The average Bonchev–Trinajstić information content (AvgIpc) is 2.61. The Balaban J connectivity index is 0.000000260. The van der Waals surface area contributed by atoms with E-state index < -0.39 is 6.61 Å². The van der Waals surface area contributed by atoms with Crippen molar-refractivity contribution in [1.29, 1.82) is 0 Å². The van der Waals surface area contributed by atoms with Crippen molar-refractivity contribution in [2.24, 2.45) is 0 Å². The molecule has 0 atom stereocenters. The maximum Gasteiger partial charge on any atom is 0.388 e. The van der Waals surface area contributed by atoms with E-state index in [1.54, 1.807) is 20.3 Å². The normalized spacial score (nSPS) is 10.6. The van der Waals surface area contributed by atoms with E-state index in [1.165, 1.54) is 17.8 Å². The van der Waals surface area contributed by atoms with E-state index in [9.17, 15) is 8.78 Å². The van der Waals surface area contributed by atoms with Gasteiger partial charge in [-0.15, -0.1) is 0 Å². The van der Waals surface area contributed by atoms with Crippen LogP contribution in [-0.4, -0.2) is 30.8 Å². The van der Waals surface area contributed by atoms with Crippen LogP contribution in [0.5, 0.6) is 17.6 Å². The van der Waals surface area contributed by atoms with Gasteiger partial charge in [-0.3, -0.25) is 0 Å². The summed E-state index contributed by atoms with van der Waals surface area (Å²) in [5.74, 6) is 1.90. The third-order valence-corrected chi connectivity index (χ3v) is 3.52. The molecule has 0 saturated carbocycles. The van der Waals surface area contributed by atoms with E-state index in [2.05, 4.69) is 28.6 Å². The lowest BCUT2D eigenvalue weighted by molar-refractivity contribution is -0.0529. The number of alkyl halides is 2. The summed E-state index contributed by atoms with van der Waals surface area (Å²) in [6, 6.07) is 7.15. The Kier molecular flexibility index (Phi) is 8.75. The van der Waals surface area contributed by atoms with Crippen LogP contribution in [0.2, 0.25) is 0 Å². The Morgan fingerprint density at radius 1 is 0.808 bits per heavy atom. The molecule has 2 aromatic rings. The predicted molar refractivity (Wildman–Crippen MR) is 96.4 cm³/mol. The highest BCUT2D eigenvalue weighted by Crippen LogP contribution is 2.23. The standard InChI is InChI=1S/C10H15NO2.C9H11F2NO/c1-7(2)8-5-9(12-3)11-10(6-8)13-4;1-6(2)7-3-4-12-8(5-7)13-9(10)11/h5-7H,1-4H3;3-6,9H,1-2H3. The van der Waals surface area contributed by atoms with Gasteiger partial charge in [0.05, 0.1) is 14.2 Å². The topological polar surface area (TPSA) is 53.5 Å². The molecule has 0 aromatic carbocycles. The quantitative estimate of drug-likeness (QED) is 0.716. The van der Waals surface area contributed by atoms with Crippen LogP contribution >= 0.6 is 0 Å². The van der Waals surface area contributed by atoms with Gasteiger partial charge in [0.25, 0.3) is 0 Å². The molecule has 0 unspecified atom stereocenters. The van der Waals surface area contributed by atoms with Crippen LogP contribution in [0.4, 0.5) is 8.78 Å². The molecule has 2 aromatic heterocycles. The fourth-order valence-corrected chi connectivity index (χ4v) is 1.98. The number of methoxy groups -OCH3 is 2. The minimum absolute atomic E-state index is 0.0267. The van der Waals surface area contributed by atoms with Crippen molar-refractivity contribution in [1.82, 2.24) is 9.97 Å². The van der Waals surface area contributed by atoms with Crippen LogP contribution in [0.15, 0.2) is 30.5 Å². The molecule has 0 spiro atoms. The second-order valence-corrected chi connectivity index (χ2v) is 6.10. The lowest BCUT2D eigenvalue weighted by Gasteiger charge is -2.09. The van der Waals surface area contributed by atoms with E-state index in [1.807, 2.05) is 26.0 Å². The van der Waals surface area contributed by atoms with Gasteiger partial charge in [0, 0.05) is 24.4 Å². The number of aromatic nitrogens is 2. The molecule has 5 nitrogen and oxygen atoms in total. The summed E-state index contributed by atoms with van der Waals surface area (Å²) in [5.41, 5.74) is 2.11. The monoisotopic (exact) mass is 368 g/mol. The number of rotatable bonds is 6. The first-order valence-electron chi connectivity index (χ1n) is 8.27. The van der Waals surface area contributed by atoms with Crippen molar-refractivity contribution in [3.05, 3.63) is 41.6 Å². The van der Waals surface area contributed by atoms with Gasteiger partial charge in [0.15, 0.2) is 0 Å². The average molecular weight is 368 g/mol. The first-order chi connectivity index (χ1) is 12.3. The molecule has 26 heavy (non-hydrogen) atoms. The smallest absolute Gasteiger partial charge is 0.388 e. The third kappa shape index (κ3) is 7.21. The largest absolute Gasteiger partial charge is 0.481 e. The zero-order valence-corrected chi connectivity index (χ0v) is 16.0. The van der Waals surface area contributed by atoms with Crippen LogP contribution < -0.4 is 14.2 Å². The highest BCUT2D eigenvalue weighted by Gasteiger charge is 2.07. The summed E-state index contributed by atoms with van der Waals surface area (Å²) < 4.78 is 37.9. The molecule has 0 bridgehead atoms. The zero-order chi connectivity index (χ0) is 19.7. The zero-order valence-electron chi connectivity index (χ0n) is 16.0. The van der Waals surface area contributed by atoms with Crippen LogP contribution in [0.25, 0.3) is 0 Å². The van der Waals surface area contributed by atoms with Crippen molar-refractivity contribution in [3.8, 4) is 17.6 Å². The minimum atomic E-state index is -2.81. The Hall–Kier alpha value is -2.44. The SMILES string of the molecule is CC(C)c1ccnc(OC(F)F)c1.COc1cc(C(C)C)cc(OC)n1. The second-order valence-electron chi connectivity index (χ2n) is 6.10. The highest BCUT2D eigenvalue weighted by molar-refractivity contribution is 5.30. The molecular formula is C19H26F2N2O3. The van der Waals surface area contributed by atoms with E-state index in [0.717, 1.165) is 5.56 Å². The van der Waals surface area contributed by atoms with Crippen LogP contribution in [0.1, 0.15) is 50.7 Å². The fraction of sp³-hybridized carbons (Fsp3) is 0.474. The van der Waals surface area contributed by atoms with Gasteiger partial charge < -0.3 is 14.2 Å². The van der Waals surface area contributed by atoms with Crippen molar-refractivity contribution >= 4 is 0 Å². The third-order valence-electron chi connectivity index (χ3n) is 3.52. The molecular weight excluding hydrogens is 342 g/mol. The number of pyridine rings is 2. The maximum absolute atomic E-state index is 11.8. The van der Waals surface area contributed by atoms with Crippen LogP contribution in [0, 0.1) is 0 Å². The molecule has 7 heteroatoms. The van der Waals surface area contributed by atoms with Crippen LogP contribution in [-0.2, 0) is 0 Å². The van der Waals surface area contributed by atoms with E-state index in [-0.39, 0.29) is 11.8 Å². The number of nitrogens with zero attached hydrogens (tertiary/aromatic N) is 2. The summed E-state index contributed by atoms with van der Waals surface area (Å²) in [6.07, 6.45) is 1.47. The molecule has 0 aliphatic rings. The highest BCUT2D eigenvalue weighted by atomic mass is 19.3. The van der Waals surface area contributed by atoms with Gasteiger partial charge in [0.2, 0.25) is 17.6 Å². The van der Waals surface area contributed by atoms with Crippen molar-refractivity contribution in [2.45, 2.75) is 46.1 Å². The molecule has 2 rings (SSSR count). The summed E-state index contributed by atoms with van der Waals surface area (Å²) in [7, 11) is 3.21. The second kappa shape index (κ2) is 10.5. The summed E-state index contributed by atoms with van der Waals surface area (Å²) in [6.45, 7) is 5.38. The minimum Gasteiger partial charge on any atom is -0.481 e. The molecule has 0 amide bonds. The molecule has 144 valence electrons. The molecule has 0 saturated heterocycles. The molecule has 0 aliphatic carbocycles. The Labute approximate surface area is 153 Å². The number of ether oxygens (including phenoxy) is 3. The summed E-state index contributed by atoms with van der Waals surface area (Å²) in [5, 5.41) is 0. The molecule has 0 aliphatic heterocycles. The van der Waals surface area contributed by atoms with E-state index >= 15 is 0 Å². The Morgan fingerprint density at radius 2 is 1.31 bits per heavy atom. The number of hydrogen-bond donors (Lipinski definition) is 0. The van der Waals surface area contributed by atoms with Crippen molar-refractivity contribution in [3.63, 3.8) is 0 Å². The first kappa shape index (κ1) is 21.6. The molecule has 0 fully saturated rings.